The first kappa shape index (κ1) is 18.2. The summed E-state index contributed by atoms with van der Waals surface area (Å²) >= 11 is 0. The average Bonchev–Trinajstić information content (AvgIpc) is 2.47. The molecule has 4 nitrogen and oxygen atoms in total. The first-order valence-corrected chi connectivity index (χ1v) is 7.78. The van der Waals surface area contributed by atoms with Gasteiger partial charge in [0, 0.05) is 0 Å². The van der Waals surface area contributed by atoms with Crippen LogP contribution in [0.2, 0.25) is 0 Å². The van der Waals surface area contributed by atoms with Crippen LogP contribution in [0.3, 0.4) is 0 Å². The fraction of sp³-hybridized carbons (Fsp3) is 0.556. The summed E-state index contributed by atoms with van der Waals surface area (Å²) in [5.74, 6) is -0.550. The first-order chi connectivity index (χ1) is 10.3. The second-order valence-electron chi connectivity index (χ2n) is 6.08. The van der Waals surface area contributed by atoms with E-state index in [-0.39, 0.29) is 12.3 Å². The molecule has 1 aromatic rings. The van der Waals surface area contributed by atoms with Gasteiger partial charge in [0.2, 0.25) is 5.91 Å². The molecule has 1 N–H and O–H groups in total. The third-order valence-electron chi connectivity index (χ3n) is 3.93. The minimum Gasteiger partial charge on any atom is -0.467 e. The molecule has 22 heavy (non-hydrogen) atoms. The van der Waals surface area contributed by atoms with Gasteiger partial charge in [-0.25, -0.2) is 4.79 Å². The topological polar surface area (TPSA) is 55.4 Å². The number of aryl methyl sites for hydroxylation is 2. The zero-order valence-corrected chi connectivity index (χ0v) is 14.3. The normalized spacial score (nSPS) is 13.3. The van der Waals surface area contributed by atoms with Crippen molar-refractivity contribution in [1.29, 1.82) is 0 Å². The highest BCUT2D eigenvalue weighted by Crippen LogP contribution is 2.17. The van der Waals surface area contributed by atoms with Crippen LogP contribution in [0.1, 0.15) is 49.8 Å². The lowest BCUT2D eigenvalue weighted by molar-refractivity contribution is -0.150. The Morgan fingerprint density at radius 1 is 1.27 bits per heavy atom. The van der Waals surface area contributed by atoms with Gasteiger partial charge in [-0.2, -0.15) is 0 Å². The maximum absolute atomic E-state index is 12.3. The van der Waals surface area contributed by atoms with Gasteiger partial charge in [0.25, 0.3) is 0 Å². The number of methoxy groups -OCH3 is 1. The van der Waals surface area contributed by atoms with Crippen LogP contribution in [-0.2, 0) is 20.7 Å². The summed E-state index contributed by atoms with van der Waals surface area (Å²) in [4.78, 5) is 24.3. The number of carbonyl (C=O) groups excluding carboxylic acids is 2. The lowest BCUT2D eigenvalue weighted by Crippen LogP contribution is -2.53. The number of hydrogen-bond acceptors (Lipinski definition) is 3. The molecular formula is C18H27NO3. The Hall–Kier alpha value is -1.84. The van der Waals surface area contributed by atoms with Crippen LogP contribution in [0.4, 0.5) is 0 Å². The number of unbranched alkanes of at least 4 members (excludes halogenated alkanes) is 1. The number of hydrogen-bond donors (Lipinski definition) is 1. The van der Waals surface area contributed by atoms with Gasteiger partial charge >= 0.3 is 5.97 Å². The molecule has 122 valence electrons. The first-order valence-electron chi connectivity index (χ1n) is 7.78. The van der Waals surface area contributed by atoms with Gasteiger partial charge in [-0.05, 0) is 38.3 Å². The van der Waals surface area contributed by atoms with Gasteiger partial charge in [-0.15, -0.1) is 0 Å². The number of amides is 1. The lowest BCUT2D eigenvalue weighted by atomic mass is 9.94. The lowest BCUT2D eigenvalue weighted by Gasteiger charge is -2.28. The highest BCUT2D eigenvalue weighted by Gasteiger charge is 2.35. The van der Waals surface area contributed by atoms with E-state index in [1.54, 1.807) is 6.92 Å². The van der Waals surface area contributed by atoms with Crippen molar-refractivity contribution in [2.24, 2.45) is 0 Å². The van der Waals surface area contributed by atoms with Crippen molar-refractivity contribution in [2.75, 3.05) is 7.11 Å². The van der Waals surface area contributed by atoms with E-state index < -0.39 is 11.5 Å². The largest absolute Gasteiger partial charge is 0.467 e. The fourth-order valence-corrected chi connectivity index (χ4v) is 2.54. The average molecular weight is 305 g/mol. The summed E-state index contributed by atoms with van der Waals surface area (Å²) in [7, 11) is 1.35. The Balaban J connectivity index is 2.80. The van der Waals surface area contributed by atoms with Crippen LogP contribution in [0.5, 0.6) is 0 Å². The number of rotatable bonds is 7. The van der Waals surface area contributed by atoms with Crippen molar-refractivity contribution in [2.45, 2.75) is 58.9 Å². The predicted octanol–water partition coefficient (Wildman–Crippen LogP) is 3.08. The molecule has 1 rings (SSSR count). The predicted molar refractivity (Wildman–Crippen MR) is 87.7 cm³/mol. The number of esters is 1. The van der Waals surface area contributed by atoms with Gasteiger partial charge in [-0.3, -0.25) is 4.79 Å². The number of benzene rings is 1. The molecule has 0 fully saturated rings. The molecule has 4 heteroatoms. The Morgan fingerprint density at radius 2 is 1.95 bits per heavy atom. The van der Waals surface area contributed by atoms with E-state index in [1.165, 1.54) is 12.7 Å². The summed E-state index contributed by atoms with van der Waals surface area (Å²) in [6, 6.07) is 6.01. The van der Waals surface area contributed by atoms with Crippen LogP contribution in [0, 0.1) is 13.8 Å². The smallest absolute Gasteiger partial charge is 0.331 e. The van der Waals surface area contributed by atoms with Crippen LogP contribution in [-0.4, -0.2) is 24.5 Å². The molecule has 1 aromatic carbocycles. The van der Waals surface area contributed by atoms with Crippen molar-refractivity contribution < 1.29 is 14.3 Å². The second kappa shape index (κ2) is 7.97. The van der Waals surface area contributed by atoms with Crippen molar-refractivity contribution in [3.8, 4) is 0 Å². The van der Waals surface area contributed by atoms with Crippen LogP contribution in [0.15, 0.2) is 18.2 Å². The minimum absolute atomic E-state index is 0.157. The van der Waals surface area contributed by atoms with E-state index >= 15 is 0 Å². The molecule has 0 heterocycles. The number of carbonyl (C=O) groups is 2. The van der Waals surface area contributed by atoms with Gasteiger partial charge in [0.1, 0.15) is 5.54 Å². The van der Waals surface area contributed by atoms with E-state index in [0.29, 0.717) is 6.42 Å². The van der Waals surface area contributed by atoms with Gasteiger partial charge in [0.05, 0.1) is 13.5 Å². The quantitative estimate of drug-likeness (QED) is 0.788. The molecular weight excluding hydrogens is 278 g/mol. The van der Waals surface area contributed by atoms with Crippen molar-refractivity contribution >= 4 is 11.9 Å². The number of nitrogens with one attached hydrogen (secondary N) is 1. The maximum Gasteiger partial charge on any atom is 0.331 e. The highest BCUT2D eigenvalue weighted by atomic mass is 16.5. The molecule has 1 amide bonds. The molecule has 0 aliphatic carbocycles. The van der Waals surface area contributed by atoms with E-state index in [9.17, 15) is 9.59 Å². The molecule has 0 aliphatic rings. The monoisotopic (exact) mass is 305 g/mol. The SMILES string of the molecule is CCCCC(C)(NC(=O)Cc1ccc(C)cc1C)C(=O)OC. The van der Waals surface area contributed by atoms with Crippen molar-refractivity contribution in [3.05, 3.63) is 34.9 Å². The van der Waals surface area contributed by atoms with Crippen LogP contribution < -0.4 is 5.32 Å². The summed E-state index contributed by atoms with van der Waals surface area (Å²) in [6.45, 7) is 7.80. The van der Waals surface area contributed by atoms with Crippen LogP contribution >= 0.6 is 0 Å². The Labute approximate surface area is 133 Å². The molecule has 1 atom stereocenters. The summed E-state index contributed by atoms with van der Waals surface area (Å²) in [5, 5.41) is 2.86. The molecule has 0 aromatic heterocycles. The van der Waals surface area contributed by atoms with Gasteiger partial charge < -0.3 is 10.1 Å². The zero-order valence-electron chi connectivity index (χ0n) is 14.3. The molecule has 0 aliphatic heterocycles. The molecule has 0 spiro atoms. The van der Waals surface area contributed by atoms with Crippen molar-refractivity contribution in [3.63, 3.8) is 0 Å². The van der Waals surface area contributed by atoms with Crippen molar-refractivity contribution in [1.82, 2.24) is 5.32 Å². The van der Waals surface area contributed by atoms with E-state index in [1.807, 2.05) is 26.0 Å². The van der Waals surface area contributed by atoms with E-state index in [0.717, 1.165) is 24.0 Å². The fourth-order valence-electron chi connectivity index (χ4n) is 2.54. The summed E-state index contributed by atoms with van der Waals surface area (Å²) in [6.07, 6.45) is 2.66. The van der Waals surface area contributed by atoms with E-state index in [4.69, 9.17) is 4.74 Å². The Bertz CT molecular complexity index is 539. The van der Waals surface area contributed by atoms with Gasteiger partial charge in [-0.1, -0.05) is 43.5 Å². The minimum atomic E-state index is -0.958. The maximum atomic E-state index is 12.3. The van der Waals surface area contributed by atoms with E-state index in [2.05, 4.69) is 18.3 Å². The summed E-state index contributed by atoms with van der Waals surface area (Å²) in [5.41, 5.74) is 2.28. The summed E-state index contributed by atoms with van der Waals surface area (Å²) < 4.78 is 4.85. The molecule has 0 saturated heterocycles. The Kier molecular flexibility index (Phi) is 6.60. The van der Waals surface area contributed by atoms with Gasteiger partial charge in [0.15, 0.2) is 0 Å². The third kappa shape index (κ3) is 4.86. The zero-order chi connectivity index (χ0) is 16.8. The Morgan fingerprint density at radius 3 is 2.50 bits per heavy atom. The molecule has 0 bridgehead atoms. The molecule has 0 saturated carbocycles. The molecule has 1 unspecified atom stereocenters. The highest BCUT2D eigenvalue weighted by molar-refractivity contribution is 5.88. The third-order valence-corrected chi connectivity index (χ3v) is 3.93. The molecule has 0 radical (unpaired) electrons. The van der Waals surface area contributed by atoms with Crippen LogP contribution in [0.25, 0.3) is 0 Å². The second-order valence-corrected chi connectivity index (χ2v) is 6.08. The standard InChI is InChI=1S/C18H27NO3/c1-6-7-10-18(4,17(21)22-5)19-16(20)12-15-9-8-13(2)11-14(15)3/h8-9,11H,6-7,10,12H2,1-5H3,(H,19,20). The number of ether oxygens (including phenoxy) is 1.